The predicted molar refractivity (Wildman–Crippen MR) is 73.6 cm³/mol. The lowest BCUT2D eigenvalue weighted by Gasteiger charge is -2.25. The number of nitrogens with zero attached hydrogens (tertiary/aromatic N) is 3. The molecular weight excluding hydrogens is 224 g/mol. The number of fused-ring (bicyclic) bond motifs is 1. The van der Waals surface area contributed by atoms with E-state index < -0.39 is 0 Å². The summed E-state index contributed by atoms with van der Waals surface area (Å²) in [6, 6.07) is 0.393. The summed E-state index contributed by atoms with van der Waals surface area (Å²) in [5, 5.41) is 12.5. The maximum absolute atomic E-state index is 4.51. The Labute approximate surface area is 110 Å². The van der Waals surface area contributed by atoms with Crippen LogP contribution >= 0.6 is 0 Å². The summed E-state index contributed by atoms with van der Waals surface area (Å²) in [4.78, 5) is 0. The molecule has 1 unspecified atom stereocenters. The average Bonchev–Trinajstić information content (AvgIpc) is 2.82. The van der Waals surface area contributed by atoms with Crippen LogP contribution in [0.15, 0.2) is 0 Å². The molecule has 0 fully saturated rings. The number of aromatic nitrogens is 3. The van der Waals surface area contributed by atoms with Crippen LogP contribution in [0.4, 0.5) is 0 Å². The molecule has 4 nitrogen and oxygen atoms in total. The van der Waals surface area contributed by atoms with Crippen molar-refractivity contribution in [3.8, 4) is 0 Å². The van der Waals surface area contributed by atoms with Gasteiger partial charge in [-0.3, -0.25) is 0 Å². The maximum Gasteiger partial charge on any atom is 0.150 e. The second-order valence-electron chi connectivity index (χ2n) is 5.26. The molecule has 2 heterocycles. The molecule has 1 aromatic heterocycles. The van der Waals surface area contributed by atoms with Gasteiger partial charge in [0.1, 0.15) is 11.6 Å². The molecule has 1 atom stereocenters. The molecule has 0 radical (unpaired) electrons. The zero-order valence-electron chi connectivity index (χ0n) is 11.9. The van der Waals surface area contributed by atoms with Crippen LogP contribution in [0.25, 0.3) is 0 Å². The largest absolute Gasteiger partial charge is 0.312 e. The van der Waals surface area contributed by atoms with Crippen molar-refractivity contribution in [3.63, 3.8) is 0 Å². The van der Waals surface area contributed by atoms with Crippen LogP contribution in [0.2, 0.25) is 0 Å². The second kappa shape index (κ2) is 6.32. The Morgan fingerprint density at radius 1 is 1.22 bits per heavy atom. The van der Waals surface area contributed by atoms with E-state index in [4.69, 9.17) is 0 Å². The van der Waals surface area contributed by atoms with Gasteiger partial charge in [0, 0.05) is 19.0 Å². The van der Waals surface area contributed by atoms with Gasteiger partial charge in [-0.25, -0.2) is 0 Å². The molecule has 1 N–H and O–H groups in total. The van der Waals surface area contributed by atoms with Crippen LogP contribution in [0, 0.1) is 0 Å². The predicted octanol–water partition coefficient (Wildman–Crippen LogP) is 3.02. The number of hydrogen-bond acceptors (Lipinski definition) is 3. The number of hydrogen-bond donors (Lipinski definition) is 1. The van der Waals surface area contributed by atoms with E-state index in [1.54, 1.807) is 0 Å². The molecule has 1 aromatic rings. The van der Waals surface area contributed by atoms with Crippen LogP contribution in [-0.4, -0.2) is 21.3 Å². The van der Waals surface area contributed by atoms with Crippen molar-refractivity contribution in [2.75, 3.05) is 6.54 Å². The van der Waals surface area contributed by atoms with Gasteiger partial charge in [0.2, 0.25) is 0 Å². The van der Waals surface area contributed by atoms with E-state index in [-0.39, 0.29) is 0 Å². The highest BCUT2D eigenvalue weighted by molar-refractivity contribution is 5.08. The Morgan fingerprint density at radius 2 is 1.94 bits per heavy atom. The van der Waals surface area contributed by atoms with E-state index in [0.29, 0.717) is 12.0 Å². The molecule has 102 valence electrons. The molecule has 18 heavy (non-hydrogen) atoms. The van der Waals surface area contributed by atoms with Crippen LogP contribution in [0.3, 0.4) is 0 Å². The first kappa shape index (κ1) is 13.5. The van der Waals surface area contributed by atoms with Crippen LogP contribution in [-0.2, 0) is 6.54 Å². The summed E-state index contributed by atoms with van der Waals surface area (Å²) in [5.74, 6) is 2.97. The van der Waals surface area contributed by atoms with Gasteiger partial charge in [0.05, 0.1) is 6.04 Å². The van der Waals surface area contributed by atoms with Gasteiger partial charge in [0.25, 0.3) is 0 Å². The van der Waals surface area contributed by atoms with Crippen LogP contribution < -0.4 is 5.32 Å². The molecule has 1 aliphatic heterocycles. The lowest BCUT2D eigenvalue weighted by molar-refractivity contribution is 0.389. The smallest absolute Gasteiger partial charge is 0.150 e. The first-order valence-corrected chi connectivity index (χ1v) is 7.48. The van der Waals surface area contributed by atoms with Gasteiger partial charge in [0.15, 0.2) is 0 Å². The first-order valence-electron chi connectivity index (χ1n) is 7.48. The topological polar surface area (TPSA) is 42.7 Å². The van der Waals surface area contributed by atoms with E-state index >= 15 is 0 Å². The van der Waals surface area contributed by atoms with Gasteiger partial charge in [-0.05, 0) is 19.3 Å². The molecule has 0 saturated carbocycles. The molecule has 0 aromatic carbocycles. The fourth-order valence-electron chi connectivity index (χ4n) is 2.98. The van der Waals surface area contributed by atoms with Crippen molar-refractivity contribution >= 4 is 0 Å². The average molecular weight is 250 g/mol. The first-order chi connectivity index (χ1) is 8.81. The minimum absolute atomic E-state index is 0.393. The van der Waals surface area contributed by atoms with Gasteiger partial charge >= 0.3 is 0 Å². The Kier molecular flexibility index (Phi) is 4.75. The highest BCUT2D eigenvalue weighted by Crippen LogP contribution is 2.28. The summed E-state index contributed by atoms with van der Waals surface area (Å²) >= 11 is 0. The monoisotopic (exact) mass is 250 g/mol. The number of nitrogens with one attached hydrogen (secondary N) is 1. The summed E-state index contributed by atoms with van der Waals surface area (Å²) < 4.78 is 2.38. The SMILES string of the molecule is CCCC(CCC)c1nnc2n1CCNC2CC. The fourth-order valence-corrected chi connectivity index (χ4v) is 2.98. The molecule has 0 aliphatic carbocycles. The summed E-state index contributed by atoms with van der Waals surface area (Å²) in [7, 11) is 0. The Bertz CT molecular complexity index is 366. The van der Waals surface area contributed by atoms with Crippen molar-refractivity contribution in [1.82, 2.24) is 20.1 Å². The van der Waals surface area contributed by atoms with E-state index in [1.807, 2.05) is 0 Å². The quantitative estimate of drug-likeness (QED) is 0.844. The van der Waals surface area contributed by atoms with E-state index in [2.05, 4.69) is 40.9 Å². The third-order valence-corrected chi connectivity index (χ3v) is 3.89. The standard InChI is InChI=1S/C14H26N4/c1-4-7-11(8-5-2)13-16-17-14-12(6-3)15-9-10-18(13)14/h11-12,15H,4-10H2,1-3H3. The molecule has 2 rings (SSSR count). The lowest BCUT2D eigenvalue weighted by Crippen LogP contribution is -2.34. The summed E-state index contributed by atoms with van der Waals surface area (Å²) in [6.45, 7) is 8.79. The number of rotatable bonds is 6. The van der Waals surface area contributed by atoms with E-state index in [0.717, 1.165) is 25.3 Å². The molecular formula is C14H26N4. The fraction of sp³-hybridized carbons (Fsp3) is 0.857. The normalized spacial score (nSPS) is 19.2. The molecule has 0 amide bonds. The Hall–Kier alpha value is -0.900. The zero-order chi connectivity index (χ0) is 13.0. The minimum Gasteiger partial charge on any atom is -0.312 e. The van der Waals surface area contributed by atoms with Crippen molar-refractivity contribution < 1.29 is 0 Å². The zero-order valence-corrected chi connectivity index (χ0v) is 11.9. The van der Waals surface area contributed by atoms with Crippen molar-refractivity contribution in [2.45, 2.75) is 71.4 Å². The third kappa shape index (κ3) is 2.58. The molecule has 0 saturated heterocycles. The van der Waals surface area contributed by atoms with Gasteiger partial charge in [-0.2, -0.15) is 0 Å². The molecule has 0 bridgehead atoms. The third-order valence-electron chi connectivity index (χ3n) is 3.89. The van der Waals surface area contributed by atoms with Gasteiger partial charge in [-0.1, -0.05) is 33.6 Å². The Balaban J connectivity index is 2.25. The van der Waals surface area contributed by atoms with Gasteiger partial charge in [-0.15, -0.1) is 10.2 Å². The van der Waals surface area contributed by atoms with Crippen LogP contribution in [0.1, 0.15) is 76.5 Å². The lowest BCUT2D eigenvalue weighted by atomic mass is 9.97. The van der Waals surface area contributed by atoms with Gasteiger partial charge < -0.3 is 9.88 Å². The highest BCUT2D eigenvalue weighted by atomic mass is 15.3. The highest BCUT2D eigenvalue weighted by Gasteiger charge is 2.26. The second-order valence-corrected chi connectivity index (χ2v) is 5.26. The van der Waals surface area contributed by atoms with E-state index in [1.165, 1.54) is 31.5 Å². The van der Waals surface area contributed by atoms with Crippen molar-refractivity contribution in [3.05, 3.63) is 11.6 Å². The van der Waals surface area contributed by atoms with Crippen LogP contribution in [0.5, 0.6) is 0 Å². The molecule has 4 heteroatoms. The Morgan fingerprint density at radius 3 is 2.56 bits per heavy atom. The molecule has 0 spiro atoms. The van der Waals surface area contributed by atoms with E-state index in [9.17, 15) is 0 Å². The van der Waals surface area contributed by atoms with Crippen molar-refractivity contribution in [2.24, 2.45) is 0 Å². The maximum atomic E-state index is 4.51. The minimum atomic E-state index is 0.393. The molecule has 1 aliphatic rings. The van der Waals surface area contributed by atoms with Crippen molar-refractivity contribution in [1.29, 1.82) is 0 Å². The summed E-state index contributed by atoms with van der Waals surface area (Å²) in [5.41, 5.74) is 0. The summed E-state index contributed by atoms with van der Waals surface area (Å²) in [6.07, 6.45) is 6.00.